The van der Waals surface area contributed by atoms with E-state index < -0.39 is 5.97 Å². The van der Waals surface area contributed by atoms with Gasteiger partial charge in [0, 0.05) is 0 Å². The number of hydrogen-bond acceptors (Lipinski definition) is 3. The van der Waals surface area contributed by atoms with E-state index in [1.54, 1.807) is 12.1 Å². The Morgan fingerprint density at radius 1 is 1.00 bits per heavy atom. The van der Waals surface area contributed by atoms with Crippen LogP contribution in [0.25, 0.3) is 12.2 Å². The number of aliphatic hydroxyl groups excluding tert-OH is 1. The van der Waals surface area contributed by atoms with E-state index in [-0.39, 0.29) is 13.2 Å². The summed E-state index contributed by atoms with van der Waals surface area (Å²) < 4.78 is 4.95. The van der Waals surface area contributed by atoms with Crippen molar-refractivity contribution < 1.29 is 14.6 Å². The third kappa shape index (κ3) is 3.80. The van der Waals surface area contributed by atoms with Crippen LogP contribution in [-0.2, 0) is 4.74 Å². The van der Waals surface area contributed by atoms with Gasteiger partial charge in [-0.25, -0.2) is 4.79 Å². The Hall–Kier alpha value is -2.39. The molecule has 3 nitrogen and oxygen atoms in total. The highest BCUT2D eigenvalue weighted by Crippen LogP contribution is 2.14. The van der Waals surface area contributed by atoms with Gasteiger partial charge in [0.25, 0.3) is 0 Å². The van der Waals surface area contributed by atoms with Gasteiger partial charge >= 0.3 is 5.97 Å². The van der Waals surface area contributed by atoms with E-state index in [1.165, 1.54) is 0 Å². The van der Waals surface area contributed by atoms with Crippen molar-refractivity contribution in [3.63, 3.8) is 0 Å². The number of aliphatic hydroxyl groups is 1. The molecule has 0 bridgehead atoms. The molecule has 3 heteroatoms. The molecule has 0 aromatic heterocycles. The van der Waals surface area contributed by atoms with Gasteiger partial charge < -0.3 is 9.84 Å². The van der Waals surface area contributed by atoms with Gasteiger partial charge in [-0.1, -0.05) is 60.7 Å². The first-order chi connectivity index (χ1) is 9.81. The maximum absolute atomic E-state index is 11.9. The van der Waals surface area contributed by atoms with Crippen molar-refractivity contribution in [2.24, 2.45) is 0 Å². The van der Waals surface area contributed by atoms with Gasteiger partial charge in [-0.05, 0) is 17.2 Å². The Labute approximate surface area is 118 Å². The number of rotatable bonds is 5. The molecule has 0 unspecified atom stereocenters. The lowest BCUT2D eigenvalue weighted by atomic mass is 10.1. The molecule has 0 aliphatic heterocycles. The largest absolute Gasteiger partial charge is 0.460 e. The van der Waals surface area contributed by atoms with Crippen LogP contribution in [-0.4, -0.2) is 24.3 Å². The van der Waals surface area contributed by atoms with Crippen molar-refractivity contribution in [1.82, 2.24) is 0 Å². The Morgan fingerprint density at radius 2 is 1.70 bits per heavy atom. The standard InChI is InChI=1S/C17H16O3/c18-12-13-20-17(19)16-9-5-4-8-15(16)11-10-14-6-2-1-3-7-14/h1-11,18H,12-13H2. The van der Waals surface area contributed by atoms with E-state index in [0.717, 1.165) is 11.1 Å². The molecule has 2 aromatic rings. The minimum Gasteiger partial charge on any atom is -0.460 e. The van der Waals surface area contributed by atoms with E-state index >= 15 is 0 Å². The fraction of sp³-hybridized carbons (Fsp3) is 0.118. The summed E-state index contributed by atoms with van der Waals surface area (Å²) in [6.45, 7) is -0.163. The molecule has 0 saturated carbocycles. The fourth-order valence-electron chi connectivity index (χ4n) is 1.79. The average molecular weight is 268 g/mol. The Bertz CT molecular complexity index is 588. The highest BCUT2D eigenvalue weighted by atomic mass is 16.5. The third-order valence-electron chi connectivity index (χ3n) is 2.76. The lowest BCUT2D eigenvalue weighted by Crippen LogP contribution is -2.09. The van der Waals surface area contributed by atoms with Gasteiger partial charge in [0.2, 0.25) is 0 Å². The summed E-state index contributed by atoms with van der Waals surface area (Å²) in [6, 6.07) is 17.1. The summed E-state index contributed by atoms with van der Waals surface area (Å²) in [4.78, 5) is 11.9. The van der Waals surface area contributed by atoms with Gasteiger partial charge in [-0.3, -0.25) is 0 Å². The number of esters is 1. The molecular weight excluding hydrogens is 252 g/mol. The molecule has 0 radical (unpaired) electrons. The fourth-order valence-corrected chi connectivity index (χ4v) is 1.79. The monoisotopic (exact) mass is 268 g/mol. The second-order valence-corrected chi connectivity index (χ2v) is 4.19. The highest BCUT2D eigenvalue weighted by Gasteiger charge is 2.09. The first kappa shape index (κ1) is 14.0. The van der Waals surface area contributed by atoms with Crippen molar-refractivity contribution >= 4 is 18.1 Å². The zero-order chi connectivity index (χ0) is 14.2. The second kappa shape index (κ2) is 7.26. The van der Waals surface area contributed by atoms with E-state index in [2.05, 4.69) is 0 Å². The Balaban J connectivity index is 2.20. The second-order valence-electron chi connectivity index (χ2n) is 4.19. The van der Waals surface area contributed by atoms with Crippen molar-refractivity contribution in [3.8, 4) is 0 Å². The van der Waals surface area contributed by atoms with Crippen LogP contribution >= 0.6 is 0 Å². The zero-order valence-electron chi connectivity index (χ0n) is 11.0. The highest BCUT2D eigenvalue weighted by molar-refractivity contribution is 5.94. The first-order valence-corrected chi connectivity index (χ1v) is 6.41. The summed E-state index contributed by atoms with van der Waals surface area (Å²) >= 11 is 0. The zero-order valence-corrected chi connectivity index (χ0v) is 11.0. The van der Waals surface area contributed by atoms with Gasteiger partial charge in [0.15, 0.2) is 0 Å². The predicted octanol–water partition coefficient (Wildman–Crippen LogP) is 3.01. The van der Waals surface area contributed by atoms with Crippen LogP contribution < -0.4 is 0 Å². The first-order valence-electron chi connectivity index (χ1n) is 6.41. The molecule has 0 fully saturated rings. The molecule has 2 aromatic carbocycles. The molecule has 2 rings (SSSR count). The molecule has 0 amide bonds. The van der Waals surface area contributed by atoms with Crippen molar-refractivity contribution in [2.75, 3.05) is 13.2 Å². The lowest BCUT2D eigenvalue weighted by Gasteiger charge is -2.05. The van der Waals surface area contributed by atoms with Crippen LogP contribution in [0.1, 0.15) is 21.5 Å². The smallest absolute Gasteiger partial charge is 0.338 e. The van der Waals surface area contributed by atoms with Crippen LogP contribution in [0.15, 0.2) is 54.6 Å². The van der Waals surface area contributed by atoms with Gasteiger partial charge in [-0.2, -0.15) is 0 Å². The van der Waals surface area contributed by atoms with Crippen LogP contribution in [0.3, 0.4) is 0 Å². The molecule has 20 heavy (non-hydrogen) atoms. The molecular formula is C17H16O3. The van der Waals surface area contributed by atoms with Crippen LogP contribution in [0.5, 0.6) is 0 Å². The van der Waals surface area contributed by atoms with Crippen molar-refractivity contribution in [3.05, 3.63) is 71.3 Å². The summed E-state index contributed by atoms with van der Waals surface area (Å²) in [5.41, 5.74) is 2.35. The number of ether oxygens (including phenoxy) is 1. The number of benzene rings is 2. The van der Waals surface area contributed by atoms with Gasteiger partial charge in [0.1, 0.15) is 6.61 Å². The SMILES string of the molecule is O=C(OCCO)c1ccccc1C=Cc1ccccc1. The van der Waals surface area contributed by atoms with Crippen LogP contribution in [0.2, 0.25) is 0 Å². The molecule has 0 heterocycles. The summed E-state index contributed by atoms with van der Waals surface area (Å²) in [7, 11) is 0. The predicted molar refractivity (Wildman–Crippen MR) is 79.2 cm³/mol. The summed E-state index contributed by atoms with van der Waals surface area (Å²) in [5.74, 6) is -0.424. The minimum absolute atomic E-state index is 0.00949. The summed E-state index contributed by atoms with van der Waals surface area (Å²) in [6.07, 6.45) is 3.82. The molecule has 0 aliphatic carbocycles. The van der Waals surface area contributed by atoms with Gasteiger partial charge in [-0.15, -0.1) is 0 Å². The topological polar surface area (TPSA) is 46.5 Å². The molecule has 102 valence electrons. The van der Waals surface area contributed by atoms with E-state index in [9.17, 15) is 4.79 Å². The quantitative estimate of drug-likeness (QED) is 0.669. The number of carbonyl (C=O) groups excluding carboxylic acids is 1. The summed E-state index contributed by atoms with van der Waals surface area (Å²) in [5, 5.41) is 8.69. The average Bonchev–Trinajstić information content (AvgIpc) is 2.52. The maximum atomic E-state index is 11.9. The third-order valence-corrected chi connectivity index (χ3v) is 2.76. The molecule has 0 spiro atoms. The Morgan fingerprint density at radius 3 is 2.45 bits per heavy atom. The molecule has 0 aliphatic rings. The minimum atomic E-state index is -0.424. The van der Waals surface area contributed by atoms with Crippen LogP contribution in [0, 0.1) is 0 Å². The number of hydrogen-bond donors (Lipinski definition) is 1. The van der Waals surface area contributed by atoms with Gasteiger partial charge in [0.05, 0.1) is 12.2 Å². The van der Waals surface area contributed by atoms with E-state index in [0.29, 0.717) is 5.56 Å². The Kier molecular flexibility index (Phi) is 5.09. The number of carbonyl (C=O) groups is 1. The maximum Gasteiger partial charge on any atom is 0.338 e. The molecule has 0 atom stereocenters. The molecule has 0 saturated heterocycles. The van der Waals surface area contributed by atoms with Crippen LogP contribution in [0.4, 0.5) is 0 Å². The van der Waals surface area contributed by atoms with Crippen molar-refractivity contribution in [1.29, 1.82) is 0 Å². The molecule has 1 N–H and O–H groups in total. The van der Waals surface area contributed by atoms with Crippen molar-refractivity contribution in [2.45, 2.75) is 0 Å². The normalized spacial score (nSPS) is 10.7. The van der Waals surface area contributed by atoms with E-state index in [1.807, 2.05) is 54.6 Å². The lowest BCUT2D eigenvalue weighted by molar-refractivity contribution is 0.0433. The van der Waals surface area contributed by atoms with E-state index in [4.69, 9.17) is 9.84 Å².